The average molecular weight is 339 g/mol. The summed E-state index contributed by atoms with van der Waals surface area (Å²) in [7, 11) is 0. The molecule has 2 aromatic rings. The normalized spacial score (nSPS) is 11.3. The minimum atomic E-state index is -4.54. The Hall–Kier alpha value is -2.61. The second kappa shape index (κ2) is 7.78. The fourth-order valence-electron chi connectivity index (χ4n) is 1.88. The first-order valence-electron chi connectivity index (χ1n) is 7.09. The molecule has 3 N–H and O–H groups in total. The van der Waals surface area contributed by atoms with Crippen LogP contribution in [0.15, 0.2) is 42.5 Å². The lowest BCUT2D eigenvalue weighted by Crippen LogP contribution is -2.25. The van der Waals surface area contributed by atoms with E-state index in [1.807, 2.05) is 30.3 Å². The van der Waals surface area contributed by atoms with Gasteiger partial charge in [0.25, 0.3) is 0 Å². The molecule has 2 rings (SSSR count). The van der Waals surface area contributed by atoms with E-state index in [4.69, 9.17) is 10.5 Å². The van der Waals surface area contributed by atoms with Gasteiger partial charge < -0.3 is 15.8 Å². The summed E-state index contributed by atoms with van der Waals surface area (Å²) in [6.45, 7) is -0.105. The molecule has 8 heteroatoms. The number of alkyl halides is 3. The maximum Gasteiger partial charge on any atom is 0.433 e. The number of aromatic nitrogens is 1. The molecular weight excluding hydrogens is 323 g/mol. The molecule has 1 heterocycles. The number of nitrogens with two attached hydrogens (primary N) is 1. The summed E-state index contributed by atoms with van der Waals surface area (Å²) in [6.07, 6.45) is -4.54. The molecule has 0 amide bonds. The number of esters is 1. The van der Waals surface area contributed by atoms with Crippen molar-refractivity contribution in [2.24, 2.45) is 0 Å². The summed E-state index contributed by atoms with van der Waals surface area (Å²) in [5.41, 5.74) is 5.56. The molecule has 0 spiro atoms. The van der Waals surface area contributed by atoms with Gasteiger partial charge in [-0.3, -0.25) is 4.79 Å². The van der Waals surface area contributed by atoms with Crippen LogP contribution in [-0.2, 0) is 28.9 Å². The summed E-state index contributed by atoms with van der Waals surface area (Å²) >= 11 is 0. The molecule has 1 aromatic carbocycles. The van der Waals surface area contributed by atoms with Crippen molar-refractivity contribution in [2.45, 2.75) is 19.3 Å². The highest BCUT2D eigenvalue weighted by atomic mass is 19.4. The van der Waals surface area contributed by atoms with Crippen LogP contribution in [-0.4, -0.2) is 17.5 Å². The molecule has 0 radical (unpaired) electrons. The number of halogens is 3. The molecule has 0 bridgehead atoms. The third-order valence-electron chi connectivity index (χ3n) is 3.10. The third kappa shape index (κ3) is 5.24. The van der Waals surface area contributed by atoms with Crippen LogP contribution in [0.5, 0.6) is 0 Å². The zero-order valence-corrected chi connectivity index (χ0v) is 12.6. The highest BCUT2D eigenvalue weighted by Gasteiger charge is 2.32. The van der Waals surface area contributed by atoms with Gasteiger partial charge in [-0.1, -0.05) is 30.3 Å². The van der Waals surface area contributed by atoms with Gasteiger partial charge >= 0.3 is 12.1 Å². The maximum atomic E-state index is 12.6. The number of benzene rings is 1. The number of hydrogen-bond acceptors (Lipinski definition) is 5. The van der Waals surface area contributed by atoms with E-state index in [0.717, 1.165) is 17.7 Å². The maximum absolute atomic E-state index is 12.6. The Morgan fingerprint density at radius 3 is 2.54 bits per heavy atom. The Balaban J connectivity index is 1.82. The van der Waals surface area contributed by atoms with Crippen molar-refractivity contribution in [3.63, 3.8) is 0 Å². The summed E-state index contributed by atoms with van der Waals surface area (Å²) < 4.78 is 42.9. The molecule has 0 saturated carbocycles. The molecular formula is C16H16F3N3O2. The van der Waals surface area contributed by atoms with Crippen LogP contribution in [0.3, 0.4) is 0 Å². The van der Waals surface area contributed by atoms with Gasteiger partial charge in [0.2, 0.25) is 0 Å². The molecule has 24 heavy (non-hydrogen) atoms. The fraction of sp³-hybridized carbons (Fsp3) is 0.250. The lowest BCUT2D eigenvalue weighted by atomic mass is 10.2. The first kappa shape index (κ1) is 17.7. The molecule has 0 atom stereocenters. The van der Waals surface area contributed by atoms with E-state index in [-0.39, 0.29) is 31.1 Å². The zero-order chi connectivity index (χ0) is 17.6. The van der Waals surface area contributed by atoms with Gasteiger partial charge in [0.05, 0.1) is 17.9 Å². The smallest absolute Gasteiger partial charge is 0.433 e. The van der Waals surface area contributed by atoms with E-state index >= 15 is 0 Å². The summed E-state index contributed by atoms with van der Waals surface area (Å²) in [5.74, 6) is -0.524. The Labute approximate surface area is 136 Å². The lowest BCUT2D eigenvalue weighted by molar-refractivity contribution is -0.144. The number of carbonyl (C=O) groups is 1. The van der Waals surface area contributed by atoms with Crippen LogP contribution in [0.2, 0.25) is 0 Å². The van der Waals surface area contributed by atoms with Gasteiger partial charge in [0, 0.05) is 6.54 Å². The van der Waals surface area contributed by atoms with E-state index in [9.17, 15) is 18.0 Å². The number of pyridine rings is 1. The Morgan fingerprint density at radius 2 is 1.88 bits per heavy atom. The number of ether oxygens (including phenoxy) is 1. The number of nitrogen functional groups attached to an aromatic ring is 1. The van der Waals surface area contributed by atoms with Crippen LogP contribution in [0.25, 0.3) is 0 Å². The summed E-state index contributed by atoms with van der Waals surface area (Å²) in [4.78, 5) is 15.1. The number of rotatable bonds is 6. The largest absolute Gasteiger partial charge is 0.460 e. The van der Waals surface area contributed by atoms with E-state index < -0.39 is 17.8 Å². The van der Waals surface area contributed by atoms with Crippen LogP contribution >= 0.6 is 0 Å². The quantitative estimate of drug-likeness (QED) is 0.791. The van der Waals surface area contributed by atoms with Gasteiger partial charge in [0.1, 0.15) is 12.3 Å². The standard InChI is InChI=1S/C16H16F3N3O2/c17-16(18,19)14-7-6-12(20)13(22-14)8-21-9-15(23)24-10-11-4-2-1-3-5-11/h1-7,21H,8-10,20H2. The second-order valence-corrected chi connectivity index (χ2v) is 4.98. The van der Waals surface area contributed by atoms with Gasteiger partial charge in [-0.25, -0.2) is 4.98 Å². The van der Waals surface area contributed by atoms with Gasteiger partial charge in [-0.15, -0.1) is 0 Å². The number of carbonyl (C=O) groups excluding carboxylic acids is 1. The molecule has 0 aliphatic carbocycles. The lowest BCUT2D eigenvalue weighted by Gasteiger charge is -2.11. The molecule has 0 saturated heterocycles. The topological polar surface area (TPSA) is 77.2 Å². The SMILES string of the molecule is Nc1ccc(C(F)(F)F)nc1CNCC(=O)OCc1ccccc1. The highest BCUT2D eigenvalue weighted by molar-refractivity contribution is 5.71. The molecule has 0 unspecified atom stereocenters. The first-order valence-corrected chi connectivity index (χ1v) is 7.09. The van der Waals surface area contributed by atoms with Crippen molar-refractivity contribution in [2.75, 3.05) is 12.3 Å². The molecule has 1 aromatic heterocycles. The number of hydrogen-bond donors (Lipinski definition) is 2. The Kier molecular flexibility index (Phi) is 5.75. The summed E-state index contributed by atoms with van der Waals surface area (Å²) in [6, 6.07) is 11.1. The molecule has 0 fully saturated rings. The molecule has 5 nitrogen and oxygen atoms in total. The number of nitrogens with zero attached hydrogens (tertiary/aromatic N) is 1. The van der Waals surface area contributed by atoms with Crippen molar-refractivity contribution in [1.82, 2.24) is 10.3 Å². The third-order valence-corrected chi connectivity index (χ3v) is 3.10. The molecule has 128 valence electrons. The van der Waals surface area contributed by atoms with Gasteiger partial charge in [0.15, 0.2) is 0 Å². The van der Waals surface area contributed by atoms with Crippen molar-refractivity contribution >= 4 is 11.7 Å². The first-order chi connectivity index (χ1) is 11.4. The van der Waals surface area contributed by atoms with E-state index in [2.05, 4.69) is 10.3 Å². The minimum Gasteiger partial charge on any atom is -0.460 e. The fourth-order valence-corrected chi connectivity index (χ4v) is 1.88. The molecule has 0 aliphatic rings. The van der Waals surface area contributed by atoms with Crippen LogP contribution < -0.4 is 11.1 Å². The van der Waals surface area contributed by atoms with Crippen molar-refractivity contribution in [3.05, 3.63) is 59.4 Å². The van der Waals surface area contributed by atoms with Crippen LogP contribution in [0.4, 0.5) is 18.9 Å². The molecule has 0 aliphatic heterocycles. The zero-order valence-electron chi connectivity index (χ0n) is 12.6. The average Bonchev–Trinajstić information content (AvgIpc) is 2.54. The van der Waals surface area contributed by atoms with Crippen LogP contribution in [0.1, 0.15) is 17.0 Å². The summed E-state index contributed by atoms with van der Waals surface area (Å²) in [5, 5.41) is 2.67. The van der Waals surface area contributed by atoms with E-state index in [1.54, 1.807) is 0 Å². The minimum absolute atomic E-state index is 0.0284. The van der Waals surface area contributed by atoms with Crippen molar-refractivity contribution < 1.29 is 22.7 Å². The monoisotopic (exact) mass is 339 g/mol. The van der Waals surface area contributed by atoms with Gasteiger partial charge in [-0.05, 0) is 17.7 Å². The highest BCUT2D eigenvalue weighted by Crippen LogP contribution is 2.28. The van der Waals surface area contributed by atoms with Crippen LogP contribution in [0, 0.1) is 0 Å². The number of anilines is 1. The predicted octanol–water partition coefficient (Wildman–Crippen LogP) is 2.52. The van der Waals surface area contributed by atoms with E-state index in [1.165, 1.54) is 0 Å². The Bertz CT molecular complexity index is 691. The second-order valence-electron chi connectivity index (χ2n) is 4.98. The van der Waals surface area contributed by atoms with Crippen molar-refractivity contribution in [1.29, 1.82) is 0 Å². The Morgan fingerprint density at radius 1 is 1.17 bits per heavy atom. The predicted molar refractivity (Wildman–Crippen MR) is 81.6 cm³/mol. The van der Waals surface area contributed by atoms with Crippen molar-refractivity contribution in [3.8, 4) is 0 Å². The van der Waals surface area contributed by atoms with Gasteiger partial charge in [-0.2, -0.15) is 13.2 Å². The number of nitrogens with one attached hydrogen (secondary N) is 1. The van der Waals surface area contributed by atoms with E-state index in [0.29, 0.717) is 0 Å².